The van der Waals surface area contributed by atoms with Crippen LogP contribution in [0.2, 0.25) is 0 Å². The maximum absolute atomic E-state index is 12.4. The number of aryl methyl sites for hydroxylation is 1. The number of nitrogens with zero attached hydrogens (tertiary/aromatic N) is 3. The predicted octanol–water partition coefficient (Wildman–Crippen LogP) is 2.08. The molecule has 1 N–H and O–H groups in total. The number of carbonyl (C=O) groups is 1. The third kappa shape index (κ3) is 4.18. The lowest BCUT2D eigenvalue weighted by Crippen LogP contribution is -2.35. The molecule has 2 aromatic rings. The molecule has 2 heterocycles. The number of amides is 1. The van der Waals surface area contributed by atoms with Crippen molar-refractivity contribution >= 4 is 5.91 Å². The van der Waals surface area contributed by atoms with Gasteiger partial charge in [-0.25, -0.2) is 9.48 Å². The number of hydrogen-bond donors (Lipinski definition) is 1. The Hall–Kier alpha value is -2.37. The van der Waals surface area contributed by atoms with Crippen LogP contribution in [-0.4, -0.2) is 26.8 Å². The first-order valence-electron chi connectivity index (χ1n) is 9.17. The van der Waals surface area contributed by atoms with Gasteiger partial charge in [0.2, 0.25) is 5.91 Å². The third-order valence-electron chi connectivity index (χ3n) is 4.88. The second-order valence-corrected chi connectivity index (χ2v) is 6.64. The van der Waals surface area contributed by atoms with Crippen LogP contribution < -0.4 is 11.0 Å². The summed E-state index contributed by atoms with van der Waals surface area (Å²) in [6, 6.07) is 10.2. The summed E-state index contributed by atoms with van der Waals surface area (Å²) < 4.78 is 3.03. The number of benzene rings is 1. The molecule has 25 heavy (non-hydrogen) atoms. The molecule has 0 bridgehead atoms. The summed E-state index contributed by atoms with van der Waals surface area (Å²) in [5.74, 6) is 0.927. The van der Waals surface area contributed by atoms with Crippen LogP contribution in [0.15, 0.2) is 35.1 Å². The van der Waals surface area contributed by atoms with Crippen LogP contribution in [0.3, 0.4) is 0 Å². The highest BCUT2D eigenvalue weighted by Gasteiger charge is 2.18. The fourth-order valence-corrected chi connectivity index (χ4v) is 3.38. The van der Waals surface area contributed by atoms with Gasteiger partial charge in [0.05, 0.1) is 0 Å². The summed E-state index contributed by atoms with van der Waals surface area (Å²) in [7, 11) is 0. The van der Waals surface area contributed by atoms with Crippen molar-refractivity contribution in [2.75, 3.05) is 6.54 Å². The van der Waals surface area contributed by atoms with E-state index < -0.39 is 0 Å². The maximum atomic E-state index is 12.4. The molecule has 1 aromatic carbocycles. The van der Waals surface area contributed by atoms with Crippen molar-refractivity contribution in [3.8, 4) is 0 Å². The largest absolute Gasteiger partial charge is 0.354 e. The normalized spacial score (nSPS) is 15.2. The second kappa shape index (κ2) is 8.14. The zero-order chi connectivity index (χ0) is 17.6. The monoisotopic (exact) mass is 342 g/mol. The molecule has 1 aliphatic heterocycles. The smallest absolute Gasteiger partial charge is 0.346 e. The minimum Gasteiger partial charge on any atom is -0.354 e. The van der Waals surface area contributed by atoms with E-state index in [0.29, 0.717) is 13.1 Å². The zero-order valence-corrected chi connectivity index (χ0v) is 14.8. The van der Waals surface area contributed by atoms with Crippen molar-refractivity contribution < 1.29 is 4.79 Å². The van der Waals surface area contributed by atoms with Crippen molar-refractivity contribution in [1.29, 1.82) is 0 Å². The van der Waals surface area contributed by atoms with Crippen molar-refractivity contribution in [2.45, 2.75) is 58.0 Å². The molecule has 134 valence electrons. The van der Waals surface area contributed by atoms with Crippen LogP contribution in [0.1, 0.15) is 49.9 Å². The van der Waals surface area contributed by atoms with Gasteiger partial charge in [-0.15, -0.1) is 0 Å². The van der Waals surface area contributed by atoms with E-state index in [9.17, 15) is 9.59 Å². The molecule has 1 unspecified atom stereocenters. The molecule has 6 heteroatoms. The minimum absolute atomic E-state index is 0.00986. The summed E-state index contributed by atoms with van der Waals surface area (Å²) in [6.45, 7) is 3.38. The number of aromatic nitrogens is 3. The van der Waals surface area contributed by atoms with E-state index in [1.165, 1.54) is 10.2 Å². The number of fused-ring (bicyclic) bond motifs is 1. The van der Waals surface area contributed by atoms with E-state index in [1.807, 2.05) is 18.2 Å². The minimum atomic E-state index is -0.165. The molecule has 0 saturated heterocycles. The maximum Gasteiger partial charge on any atom is 0.346 e. The van der Waals surface area contributed by atoms with Gasteiger partial charge in [0.15, 0.2) is 0 Å². The van der Waals surface area contributed by atoms with E-state index in [1.54, 1.807) is 4.57 Å². The number of carbonyl (C=O) groups excluding carboxylic acids is 1. The SMILES string of the molecule is CCC(CNC(=O)Cn1nc2n(c1=O)CCCCC2)c1ccccc1. The van der Waals surface area contributed by atoms with Gasteiger partial charge in [-0.2, -0.15) is 5.10 Å². The van der Waals surface area contributed by atoms with Gasteiger partial charge in [-0.1, -0.05) is 43.7 Å². The van der Waals surface area contributed by atoms with Crippen LogP contribution in [0.25, 0.3) is 0 Å². The molecular formula is C19H26N4O2. The predicted molar refractivity (Wildman–Crippen MR) is 96.5 cm³/mol. The summed E-state index contributed by atoms with van der Waals surface area (Å²) >= 11 is 0. The third-order valence-corrected chi connectivity index (χ3v) is 4.88. The topological polar surface area (TPSA) is 68.9 Å². The molecule has 1 aliphatic rings. The Labute approximate surface area is 147 Å². The highest BCUT2D eigenvalue weighted by Crippen LogP contribution is 2.17. The molecule has 0 fully saturated rings. The first-order valence-corrected chi connectivity index (χ1v) is 9.17. The van der Waals surface area contributed by atoms with Gasteiger partial charge in [-0.3, -0.25) is 9.36 Å². The molecule has 1 aromatic heterocycles. The summed E-state index contributed by atoms with van der Waals surface area (Å²) in [6.07, 6.45) is 4.94. The van der Waals surface area contributed by atoms with E-state index in [-0.39, 0.29) is 24.1 Å². The molecule has 0 spiro atoms. The Bertz CT molecular complexity index is 763. The fourth-order valence-electron chi connectivity index (χ4n) is 3.38. The second-order valence-electron chi connectivity index (χ2n) is 6.64. The van der Waals surface area contributed by atoms with Crippen molar-refractivity contribution in [3.63, 3.8) is 0 Å². The summed E-state index contributed by atoms with van der Waals surface area (Å²) in [4.78, 5) is 24.7. The van der Waals surface area contributed by atoms with E-state index in [2.05, 4.69) is 29.5 Å². The highest BCUT2D eigenvalue weighted by molar-refractivity contribution is 5.75. The first kappa shape index (κ1) is 17.5. The number of rotatable bonds is 6. The van der Waals surface area contributed by atoms with Crippen LogP contribution >= 0.6 is 0 Å². The highest BCUT2D eigenvalue weighted by atomic mass is 16.2. The Morgan fingerprint density at radius 2 is 2.04 bits per heavy atom. The fraction of sp³-hybridized carbons (Fsp3) is 0.526. The Morgan fingerprint density at radius 3 is 2.80 bits per heavy atom. The van der Waals surface area contributed by atoms with Crippen molar-refractivity contribution in [3.05, 3.63) is 52.2 Å². The van der Waals surface area contributed by atoms with Crippen molar-refractivity contribution in [2.24, 2.45) is 0 Å². The molecule has 0 aliphatic carbocycles. The van der Waals surface area contributed by atoms with E-state index >= 15 is 0 Å². The molecule has 3 rings (SSSR count). The molecule has 0 saturated carbocycles. The number of hydrogen-bond acceptors (Lipinski definition) is 3. The van der Waals surface area contributed by atoms with E-state index in [0.717, 1.165) is 37.9 Å². The summed E-state index contributed by atoms with van der Waals surface area (Å²) in [5.41, 5.74) is 1.05. The standard InChI is InChI=1S/C19H26N4O2/c1-2-15(16-9-5-3-6-10-16)13-20-18(24)14-23-19(25)22-12-8-4-7-11-17(22)21-23/h3,5-6,9-10,15H,2,4,7-8,11-14H2,1H3,(H,20,24). The lowest BCUT2D eigenvalue weighted by Gasteiger charge is -2.16. The van der Waals surface area contributed by atoms with Crippen LogP contribution in [0.4, 0.5) is 0 Å². The zero-order valence-electron chi connectivity index (χ0n) is 14.8. The van der Waals surface area contributed by atoms with Crippen molar-refractivity contribution in [1.82, 2.24) is 19.7 Å². The van der Waals surface area contributed by atoms with Crippen LogP contribution in [0.5, 0.6) is 0 Å². The summed E-state index contributed by atoms with van der Waals surface area (Å²) in [5, 5.41) is 7.31. The van der Waals surface area contributed by atoms with Crippen LogP contribution in [0, 0.1) is 0 Å². The molecule has 1 atom stereocenters. The Morgan fingerprint density at radius 1 is 1.24 bits per heavy atom. The van der Waals surface area contributed by atoms with Gasteiger partial charge < -0.3 is 5.32 Å². The molecule has 1 amide bonds. The average Bonchev–Trinajstić information content (AvgIpc) is 2.79. The van der Waals surface area contributed by atoms with Gasteiger partial charge in [0.25, 0.3) is 0 Å². The molecule has 0 radical (unpaired) electrons. The Kier molecular flexibility index (Phi) is 5.68. The lowest BCUT2D eigenvalue weighted by atomic mass is 9.96. The number of nitrogens with one attached hydrogen (secondary N) is 1. The quantitative estimate of drug-likeness (QED) is 0.874. The molecule has 6 nitrogen and oxygen atoms in total. The molecular weight excluding hydrogens is 316 g/mol. The average molecular weight is 342 g/mol. The first-order chi connectivity index (χ1) is 12.2. The Balaban J connectivity index is 1.60. The lowest BCUT2D eigenvalue weighted by molar-refractivity contribution is -0.122. The van der Waals surface area contributed by atoms with Gasteiger partial charge in [0.1, 0.15) is 12.4 Å². The van der Waals surface area contributed by atoms with Gasteiger partial charge in [0, 0.05) is 25.4 Å². The van der Waals surface area contributed by atoms with E-state index in [4.69, 9.17) is 0 Å². The van der Waals surface area contributed by atoms with Gasteiger partial charge >= 0.3 is 5.69 Å². The van der Waals surface area contributed by atoms with Crippen LogP contribution in [-0.2, 0) is 24.3 Å². The van der Waals surface area contributed by atoms with Gasteiger partial charge in [-0.05, 0) is 24.8 Å².